The van der Waals surface area contributed by atoms with Crippen LogP contribution in [-0.2, 0) is 9.47 Å². The summed E-state index contributed by atoms with van der Waals surface area (Å²) in [6.45, 7) is 2.40. The summed E-state index contributed by atoms with van der Waals surface area (Å²) in [7, 11) is 3.08. The molecule has 1 fully saturated rings. The highest BCUT2D eigenvalue weighted by molar-refractivity contribution is 5.74. The molecule has 1 aliphatic carbocycles. The van der Waals surface area contributed by atoms with Gasteiger partial charge < -0.3 is 20.1 Å². The van der Waals surface area contributed by atoms with Crippen molar-refractivity contribution in [3.63, 3.8) is 0 Å². The topological polar surface area (TPSA) is 59.6 Å². The number of rotatable bonds is 6. The van der Waals surface area contributed by atoms with Crippen molar-refractivity contribution in [2.24, 2.45) is 5.92 Å². The van der Waals surface area contributed by atoms with Gasteiger partial charge in [-0.05, 0) is 25.7 Å². The van der Waals surface area contributed by atoms with Crippen molar-refractivity contribution in [3.05, 3.63) is 11.8 Å². The number of nitrogens with one attached hydrogen (secondary N) is 2. The summed E-state index contributed by atoms with van der Waals surface area (Å²) < 4.78 is 9.95. The lowest BCUT2D eigenvalue weighted by Crippen LogP contribution is -2.39. The molecule has 0 unspecified atom stereocenters. The van der Waals surface area contributed by atoms with Gasteiger partial charge in [-0.25, -0.2) is 4.79 Å². The number of ether oxygens (including phenoxy) is 2. The molecule has 0 heterocycles. The van der Waals surface area contributed by atoms with Gasteiger partial charge in [-0.2, -0.15) is 0 Å². The molecule has 0 atom stereocenters. The predicted octanol–water partition coefficient (Wildman–Crippen LogP) is 2.00. The summed E-state index contributed by atoms with van der Waals surface area (Å²) in [5.41, 5.74) is 1.25. The van der Waals surface area contributed by atoms with Crippen LogP contribution in [0.25, 0.3) is 0 Å². The maximum absolute atomic E-state index is 11.5. The van der Waals surface area contributed by atoms with Gasteiger partial charge in [-0.15, -0.1) is 0 Å². The van der Waals surface area contributed by atoms with Crippen LogP contribution in [0.15, 0.2) is 11.8 Å². The molecule has 104 valence electrons. The van der Waals surface area contributed by atoms with E-state index in [0.717, 1.165) is 0 Å². The lowest BCUT2D eigenvalue weighted by Gasteiger charge is -2.14. The number of methoxy groups -OCH3 is 2. The Morgan fingerprint density at radius 1 is 1.33 bits per heavy atom. The molecular weight excluding hydrogens is 232 g/mol. The lowest BCUT2D eigenvalue weighted by atomic mass is 10.0. The van der Waals surface area contributed by atoms with Crippen LogP contribution < -0.4 is 10.6 Å². The molecule has 0 saturated heterocycles. The number of carbonyl (C=O) groups excluding carboxylic acids is 1. The monoisotopic (exact) mass is 256 g/mol. The fraction of sp³-hybridized carbons (Fsp3) is 0.769. The van der Waals surface area contributed by atoms with Crippen molar-refractivity contribution in [2.45, 2.75) is 38.9 Å². The molecule has 0 aromatic carbocycles. The minimum Gasteiger partial charge on any atom is -0.354 e. The minimum atomic E-state index is -0.407. The van der Waals surface area contributed by atoms with Crippen molar-refractivity contribution in [1.29, 1.82) is 0 Å². The van der Waals surface area contributed by atoms with Crippen LogP contribution in [0.5, 0.6) is 0 Å². The first-order valence-electron chi connectivity index (χ1n) is 6.44. The van der Waals surface area contributed by atoms with E-state index in [0.29, 0.717) is 12.5 Å². The van der Waals surface area contributed by atoms with Gasteiger partial charge in [-0.1, -0.05) is 18.4 Å². The summed E-state index contributed by atoms with van der Waals surface area (Å²) in [4.78, 5) is 11.5. The van der Waals surface area contributed by atoms with Crippen LogP contribution in [0.3, 0.4) is 0 Å². The molecule has 2 amide bonds. The molecule has 0 radical (unpaired) electrons. The molecule has 1 saturated carbocycles. The first-order valence-corrected chi connectivity index (χ1v) is 6.44. The number of allylic oxidation sites excluding steroid dienone is 1. The molecule has 0 aromatic rings. The zero-order valence-electron chi connectivity index (χ0n) is 11.5. The maximum atomic E-state index is 11.5. The summed E-state index contributed by atoms with van der Waals surface area (Å²) in [6, 6.07) is -0.230. The van der Waals surface area contributed by atoms with Crippen LogP contribution in [0.2, 0.25) is 0 Å². The van der Waals surface area contributed by atoms with E-state index in [1.807, 2.05) is 0 Å². The highest BCUT2D eigenvalue weighted by atomic mass is 16.7. The fourth-order valence-corrected chi connectivity index (χ4v) is 2.17. The normalized spacial score (nSPS) is 17.2. The van der Waals surface area contributed by atoms with Gasteiger partial charge in [-0.3, -0.25) is 0 Å². The van der Waals surface area contributed by atoms with E-state index in [2.05, 4.69) is 17.6 Å². The molecule has 5 heteroatoms. The molecule has 0 bridgehead atoms. The Morgan fingerprint density at radius 3 is 2.50 bits per heavy atom. The Bertz CT molecular complexity index is 282. The zero-order chi connectivity index (χ0) is 13.4. The first-order chi connectivity index (χ1) is 8.67. The number of carbonyl (C=O) groups is 1. The highest BCUT2D eigenvalue weighted by Gasteiger charge is 2.16. The van der Waals surface area contributed by atoms with Crippen LogP contribution in [0.1, 0.15) is 32.6 Å². The summed E-state index contributed by atoms with van der Waals surface area (Å²) >= 11 is 0. The maximum Gasteiger partial charge on any atom is 0.318 e. The summed E-state index contributed by atoms with van der Waals surface area (Å²) in [5.74, 6) is 0.635. The van der Waals surface area contributed by atoms with Gasteiger partial charge >= 0.3 is 6.03 Å². The molecular formula is C13H24N2O3. The molecule has 0 aliphatic heterocycles. The lowest BCUT2D eigenvalue weighted by molar-refractivity contribution is -0.0971. The zero-order valence-corrected chi connectivity index (χ0v) is 11.5. The summed E-state index contributed by atoms with van der Waals surface area (Å²) in [5, 5.41) is 5.43. The molecule has 1 aliphatic rings. The van der Waals surface area contributed by atoms with E-state index in [4.69, 9.17) is 9.47 Å². The van der Waals surface area contributed by atoms with Gasteiger partial charge in [0.25, 0.3) is 0 Å². The molecule has 0 spiro atoms. The second-order valence-corrected chi connectivity index (χ2v) is 4.63. The summed E-state index contributed by atoms with van der Waals surface area (Å²) in [6.07, 6.45) is 6.47. The van der Waals surface area contributed by atoms with Crippen LogP contribution in [0, 0.1) is 5.92 Å². The van der Waals surface area contributed by atoms with Gasteiger partial charge in [0.15, 0.2) is 6.29 Å². The Balaban J connectivity index is 2.25. The quantitative estimate of drug-likeness (QED) is 0.715. The standard InChI is InChI=1S/C13H24N2O3/c1-10(11-6-4-5-7-11)8-14-13(16)15-9-12(17-2)18-3/h8,11-12H,4-7,9H2,1-3H3,(H2,14,15,16)/b10-8+. The predicted molar refractivity (Wildman–Crippen MR) is 70.1 cm³/mol. The van der Waals surface area contributed by atoms with Crippen LogP contribution in [-0.4, -0.2) is 33.1 Å². The second-order valence-electron chi connectivity index (χ2n) is 4.63. The Morgan fingerprint density at radius 2 is 1.94 bits per heavy atom. The molecule has 2 N–H and O–H groups in total. The third kappa shape index (κ3) is 5.06. The van der Waals surface area contributed by atoms with Crippen molar-refractivity contribution in [1.82, 2.24) is 10.6 Å². The van der Waals surface area contributed by atoms with Gasteiger partial charge in [0.2, 0.25) is 0 Å². The first kappa shape index (κ1) is 15.0. The molecule has 5 nitrogen and oxygen atoms in total. The van der Waals surface area contributed by atoms with Crippen molar-refractivity contribution in [3.8, 4) is 0 Å². The SMILES string of the molecule is COC(CNC(=O)N/C=C(\C)C1CCCC1)OC. The van der Waals surface area contributed by atoms with Gasteiger partial charge in [0, 0.05) is 20.4 Å². The average molecular weight is 256 g/mol. The van der Waals surface area contributed by atoms with Crippen molar-refractivity contribution in [2.75, 3.05) is 20.8 Å². The van der Waals surface area contributed by atoms with E-state index in [9.17, 15) is 4.79 Å². The molecule has 18 heavy (non-hydrogen) atoms. The van der Waals surface area contributed by atoms with Crippen molar-refractivity contribution < 1.29 is 14.3 Å². The fourth-order valence-electron chi connectivity index (χ4n) is 2.17. The highest BCUT2D eigenvalue weighted by Crippen LogP contribution is 2.30. The Hall–Kier alpha value is -1.07. The third-order valence-electron chi connectivity index (χ3n) is 3.39. The van der Waals surface area contributed by atoms with E-state index < -0.39 is 6.29 Å². The Kier molecular flexibility index (Phi) is 6.75. The Labute approximate surface area is 109 Å². The number of urea groups is 1. The van der Waals surface area contributed by atoms with Crippen LogP contribution >= 0.6 is 0 Å². The van der Waals surface area contributed by atoms with E-state index in [1.54, 1.807) is 6.20 Å². The largest absolute Gasteiger partial charge is 0.354 e. The smallest absolute Gasteiger partial charge is 0.318 e. The van der Waals surface area contributed by atoms with E-state index in [1.165, 1.54) is 45.5 Å². The third-order valence-corrected chi connectivity index (χ3v) is 3.39. The van der Waals surface area contributed by atoms with E-state index in [-0.39, 0.29) is 6.03 Å². The molecule has 0 aromatic heterocycles. The van der Waals surface area contributed by atoms with E-state index >= 15 is 0 Å². The van der Waals surface area contributed by atoms with Crippen LogP contribution in [0.4, 0.5) is 4.79 Å². The number of amides is 2. The van der Waals surface area contributed by atoms with Crippen molar-refractivity contribution >= 4 is 6.03 Å². The minimum absolute atomic E-state index is 0.230. The molecule has 1 rings (SSSR count). The van der Waals surface area contributed by atoms with Gasteiger partial charge in [0.1, 0.15) is 0 Å². The van der Waals surface area contributed by atoms with Gasteiger partial charge in [0.05, 0.1) is 6.54 Å². The average Bonchev–Trinajstić information content (AvgIpc) is 2.91. The second kappa shape index (κ2) is 8.11. The number of hydrogen-bond acceptors (Lipinski definition) is 3. The number of hydrogen-bond donors (Lipinski definition) is 2.